The summed E-state index contributed by atoms with van der Waals surface area (Å²) in [5, 5.41) is 0. The van der Waals surface area contributed by atoms with Crippen molar-refractivity contribution in [2.24, 2.45) is 0 Å². The normalized spacial score (nSPS) is 11.2. The van der Waals surface area contributed by atoms with Gasteiger partial charge < -0.3 is 20.1 Å². The van der Waals surface area contributed by atoms with Crippen LogP contribution < -0.4 is 20.1 Å². The molecule has 0 spiro atoms. The van der Waals surface area contributed by atoms with Crippen LogP contribution in [0.15, 0.2) is 24.3 Å². The summed E-state index contributed by atoms with van der Waals surface area (Å²) < 4.78 is 47.0. The van der Waals surface area contributed by atoms with Crippen molar-refractivity contribution in [2.75, 3.05) is 31.3 Å². The number of hydrogen-bond acceptors (Lipinski definition) is 7. The predicted molar refractivity (Wildman–Crippen MR) is 80.9 cm³/mol. The van der Waals surface area contributed by atoms with E-state index in [1.54, 1.807) is 31.1 Å². The zero-order valence-electron chi connectivity index (χ0n) is 13.0. The van der Waals surface area contributed by atoms with Crippen LogP contribution in [-0.4, -0.2) is 41.8 Å². The molecule has 24 heavy (non-hydrogen) atoms. The van der Waals surface area contributed by atoms with Crippen molar-refractivity contribution in [3.63, 3.8) is 0 Å². The van der Waals surface area contributed by atoms with Crippen LogP contribution in [0, 0.1) is 0 Å². The molecule has 0 radical (unpaired) electrons. The van der Waals surface area contributed by atoms with Crippen molar-refractivity contribution < 1.29 is 22.6 Å². The summed E-state index contributed by atoms with van der Waals surface area (Å²) in [6, 6.07) is 6.03. The molecule has 1 aromatic heterocycles. The van der Waals surface area contributed by atoms with E-state index in [1.165, 1.54) is 12.1 Å². The van der Waals surface area contributed by atoms with E-state index < -0.39 is 12.8 Å². The molecular formula is C14H16F3N5O2. The molecule has 2 aromatic rings. The van der Waals surface area contributed by atoms with Gasteiger partial charge in [0.2, 0.25) is 11.9 Å². The Bertz CT molecular complexity index is 694. The van der Waals surface area contributed by atoms with Crippen molar-refractivity contribution in [2.45, 2.75) is 12.8 Å². The maximum absolute atomic E-state index is 12.3. The number of benzene rings is 1. The number of hydrogen-bond donors (Lipinski definition) is 1. The number of nitrogen functional groups attached to an aromatic ring is 1. The zero-order valence-corrected chi connectivity index (χ0v) is 13.0. The zero-order chi connectivity index (χ0) is 17.7. The second kappa shape index (κ2) is 7.20. The summed E-state index contributed by atoms with van der Waals surface area (Å²) in [4.78, 5) is 13.6. The Hall–Kier alpha value is -2.78. The minimum absolute atomic E-state index is 0.0221. The highest BCUT2D eigenvalue weighted by atomic mass is 19.4. The average molecular weight is 343 g/mol. The quantitative estimate of drug-likeness (QED) is 0.859. The number of para-hydroxylation sites is 2. The first-order valence-corrected chi connectivity index (χ1v) is 6.84. The molecule has 1 heterocycles. The Balaban J connectivity index is 2.09. The van der Waals surface area contributed by atoms with Crippen LogP contribution in [-0.2, 0) is 6.61 Å². The van der Waals surface area contributed by atoms with Gasteiger partial charge in [0.15, 0.2) is 23.9 Å². The summed E-state index contributed by atoms with van der Waals surface area (Å²) >= 11 is 0. The van der Waals surface area contributed by atoms with E-state index in [4.69, 9.17) is 15.2 Å². The number of alkyl halides is 3. The molecule has 0 unspecified atom stereocenters. The van der Waals surface area contributed by atoms with Gasteiger partial charge in [-0.2, -0.15) is 28.1 Å². The Morgan fingerprint density at radius 2 is 1.67 bits per heavy atom. The SMILES string of the molecule is CN(C)c1nc(N)nc(COc2ccccc2OCC(F)(F)F)n1. The number of rotatable bonds is 6. The summed E-state index contributed by atoms with van der Waals surface area (Å²) in [6.45, 7) is -1.50. The van der Waals surface area contributed by atoms with Crippen molar-refractivity contribution in [3.05, 3.63) is 30.1 Å². The number of nitrogens with zero attached hydrogens (tertiary/aromatic N) is 4. The van der Waals surface area contributed by atoms with Gasteiger partial charge in [-0.05, 0) is 12.1 Å². The molecule has 130 valence electrons. The molecule has 0 bridgehead atoms. The second-order valence-electron chi connectivity index (χ2n) is 4.94. The van der Waals surface area contributed by atoms with Crippen molar-refractivity contribution in [1.29, 1.82) is 0 Å². The Labute approximate surface area is 136 Å². The topological polar surface area (TPSA) is 86.4 Å². The van der Waals surface area contributed by atoms with Crippen LogP contribution in [0.1, 0.15) is 5.82 Å². The molecule has 10 heteroatoms. The lowest BCUT2D eigenvalue weighted by atomic mass is 10.3. The molecule has 0 atom stereocenters. The van der Waals surface area contributed by atoms with E-state index in [9.17, 15) is 13.2 Å². The van der Waals surface area contributed by atoms with Crippen LogP contribution in [0.4, 0.5) is 25.1 Å². The molecule has 0 aliphatic heterocycles. The van der Waals surface area contributed by atoms with E-state index >= 15 is 0 Å². The lowest BCUT2D eigenvalue weighted by molar-refractivity contribution is -0.153. The van der Waals surface area contributed by atoms with Gasteiger partial charge in [-0.15, -0.1) is 0 Å². The third kappa shape index (κ3) is 5.14. The van der Waals surface area contributed by atoms with E-state index in [0.717, 1.165) is 0 Å². The number of aromatic nitrogens is 3. The molecule has 0 amide bonds. The van der Waals surface area contributed by atoms with Gasteiger partial charge in [-0.1, -0.05) is 12.1 Å². The molecule has 0 fully saturated rings. The lowest BCUT2D eigenvalue weighted by Crippen LogP contribution is -2.19. The minimum Gasteiger partial charge on any atom is -0.482 e. The van der Waals surface area contributed by atoms with Crippen LogP contribution in [0.3, 0.4) is 0 Å². The minimum atomic E-state index is -4.43. The van der Waals surface area contributed by atoms with Crippen LogP contribution >= 0.6 is 0 Å². The standard InChI is InChI=1S/C14H16F3N5O2/c1-22(2)13-20-11(19-12(18)21-13)7-23-9-5-3-4-6-10(9)24-8-14(15,16)17/h3-6H,7-8H2,1-2H3,(H2,18,19,20,21). The summed E-state index contributed by atoms with van der Waals surface area (Å²) in [5.41, 5.74) is 5.60. The number of halogens is 3. The first-order valence-electron chi connectivity index (χ1n) is 6.84. The van der Waals surface area contributed by atoms with Gasteiger partial charge >= 0.3 is 6.18 Å². The molecule has 0 aliphatic carbocycles. The maximum atomic E-state index is 12.3. The summed E-state index contributed by atoms with van der Waals surface area (Å²) in [5.74, 6) is 0.741. The van der Waals surface area contributed by atoms with Crippen LogP contribution in [0.5, 0.6) is 11.5 Å². The second-order valence-corrected chi connectivity index (χ2v) is 4.94. The van der Waals surface area contributed by atoms with Gasteiger partial charge in [-0.3, -0.25) is 0 Å². The highest BCUT2D eigenvalue weighted by molar-refractivity contribution is 5.39. The number of anilines is 2. The van der Waals surface area contributed by atoms with Gasteiger partial charge in [0.1, 0.15) is 6.61 Å². The van der Waals surface area contributed by atoms with Crippen LogP contribution in [0.2, 0.25) is 0 Å². The summed E-state index contributed by atoms with van der Waals surface area (Å²) in [7, 11) is 3.47. The van der Waals surface area contributed by atoms with E-state index in [2.05, 4.69) is 15.0 Å². The largest absolute Gasteiger partial charge is 0.482 e. The van der Waals surface area contributed by atoms with Crippen molar-refractivity contribution >= 4 is 11.9 Å². The molecule has 2 rings (SSSR count). The predicted octanol–water partition coefficient (Wildman–Crippen LogP) is 2.04. The highest BCUT2D eigenvalue weighted by Gasteiger charge is 2.29. The molecule has 0 saturated carbocycles. The molecule has 7 nitrogen and oxygen atoms in total. The first-order chi connectivity index (χ1) is 11.2. The van der Waals surface area contributed by atoms with Crippen LogP contribution in [0.25, 0.3) is 0 Å². The molecule has 2 N–H and O–H groups in total. The van der Waals surface area contributed by atoms with Gasteiger partial charge in [0, 0.05) is 14.1 Å². The molecule has 1 aromatic carbocycles. The third-order valence-electron chi connectivity index (χ3n) is 2.68. The number of nitrogens with two attached hydrogens (primary N) is 1. The molecular weight excluding hydrogens is 327 g/mol. The average Bonchev–Trinajstić information content (AvgIpc) is 2.50. The molecule has 0 aliphatic rings. The fourth-order valence-electron chi connectivity index (χ4n) is 1.68. The van der Waals surface area contributed by atoms with Gasteiger partial charge in [-0.25, -0.2) is 0 Å². The Morgan fingerprint density at radius 1 is 1.04 bits per heavy atom. The van der Waals surface area contributed by atoms with E-state index in [-0.39, 0.29) is 29.9 Å². The third-order valence-corrected chi connectivity index (χ3v) is 2.68. The van der Waals surface area contributed by atoms with Gasteiger partial charge in [0.05, 0.1) is 0 Å². The number of ether oxygens (including phenoxy) is 2. The lowest BCUT2D eigenvalue weighted by Gasteiger charge is -2.14. The van der Waals surface area contributed by atoms with E-state index in [1.807, 2.05) is 0 Å². The first kappa shape index (κ1) is 17.6. The maximum Gasteiger partial charge on any atom is 0.422 e. The summed E-state index contributed by atoms with van der Waals surface area (Å²) in [6.07, 6.45) is -4.43. The fraction of sp³-hybridized carbons (Fsp3) is 0.357. The van der Waals surface area contributed by atoms with Crippen molar-refractivity contribution in [3.8, 4) is 11.5 Å². The Morgan fingerprint density at radius 3 is 2.25 bits per heavy atom. The monoisotopic (exact) mass is 343 g/mol. The van der Waals surface area contributed by atoms with E-state index in [0.29, 0.717) is 5.95 Å². The molecule has 0 saturated heterocycles. The van der Waals surface area contributed by atoms with Gasteiger partial charge in [0.25, 0.3) is 0 Å². The Kier molecular flexibility index (Phi) is 5.27. The smallest absolute Gasteiger partial charge is 0.422 e. The fourth-order valence-corrected chi connectivity index (χ4v) is 1.68. The highest BCUT2D eigenvalue weighted by Crippen LogP contribution is 2.29. The van der Waals surface area contributed by atoms with Crippen molar-refractivity contribution in [1.82, 2.24) is 15.0 Å².